The van der Waals surface area contributed by atoms with E-state index >= 15 is 0 Å². The molecule has 1 unspecified atom stereocenters. The van der Waals surface area contributed by atoms with Crippen molar-refractivity contribution in [3.05, 3.63) is 11.9 Å². The summed E-state index contributed by atoms with van der Waals surface area (Å²) in [6, 6.07) is 2.24. The summed E-state index contributed by atoms with van der Waals surface area (Å²) >= 11 is 0. The SMILES string of the molecule is Cc1nc(N)cc(N(C)C(C)C(C)C)n1. The Labute approximate surface area is 91.5 Å². The lowest BCUT2D eigenvalue weighted by Crippen LogP contribution is -2.34. The average molecular weight is 208 g/mol. The number of nitrogens with two attached hydrogens (primary N) is 1. The van der Waals surface area contributed by atoms with Gasteiger partial charge >= 0.3 is 0 Å². The van der Waals surface area contributed by atoms with Gasteiger partial charge in [0.25, 0.3) is 0 Å². The van der Waals surface area contributed by atoms with Crippen LogP contribution in [0.4, 0.5) is 11.6 Å². The summed E-state index contributed by atoms with van der Waals surface area (Å²) < 4.78 is 0. The Bertz CT molecular complexity index is 315. The Morgan fingerprint density at radius 2 is 1.87 bits per heavy atom. The number of nitrogens with zero attached hydrogens (tertiary/aromatic N) is 3. The lowest BCUT2D eigenvalue weighted by atomic mass is 10.1. The summed E-state index contributed by atoms with van der Waals surface area (Å²) in [7, 11) is 2.03. The molecule has 2 N–H and O–H groups in total. The van der Waals surface area contributed by atoms with Gasteiger partial charge in [-0.15, -0.1) is 0 Å². The molecule has 0 fully saturated rings. The van der Waals surface area contributed by atoms with Crippen LogP contribution in [0.2, 0.25) is 0 Å². The highest BCUT2D eigenvalue weighted by atomic mass is 15.2. The van der Waals surface area contributed by atoms with Crippen molar-refractivity contribution in [2.45, 2.75) is 33.7 Å². The van der Waals surface area contributed by atoms with Crippen LogP contribution in [0.1, 0.15) is 26.6 Å². The van der Waals surface area contributed by atoms with E-state index in [0.29, 0.717) is 23.6 Å². The van der Waals surface area contributed by atoms with Gasteiger partial charge in [-0.3, -0.25) is 0 Å². The fourth-order valence-electron chi connectivity index (χ4n) is 1.41. The van der Waals surface area contributed by atoms with E-state index in [0.717, 1.165) is 5.82 Å². The van der Waals surface area contributed by atoms with Gasteiger partial charge in [-0.2, -0.15) is 0 Å². The molecule has 0 radical (unpaired) electrons. The largest absolute Gasteiger partial charge is 0.384 e. The maximum Gasteiger partial charge on any atom is 0.134 e. The predicted octanol–water partition coefficient (Wildman–Crippen LogP) is 1.85. The number of hydrogen-bond acceptors (Lipinski definition) is 4. The van der Waals surface area contributed by atoms with Crippen molar-refractivity contribution < 1.29 is 0 Å². The van der Waals surface area contributed by atoms with Crippen molar-refractivity contribution in [3.63, 3.8) is 0 Å². The molecule has 0 aliphatic heterocycles. The molecule has 0 bridgehead atoms. The molecule has 1 atom stereocenters. The third kappa shape index (κ3) is 2.81. The maximum absolute atomic E-state index is 5.70. The zero-order chi connectivity index (χ0) is 11.6. The summed E-state index contributed by atoms with van der Waals surface area (Å²) in [6.45, 7) is 8.42. The number of rotatable bonds is 3. The monoisotopic (exact) mass is 208 g/mol. The first-order valence-electron chi connectivity index (χ1n) is 5.25. The van der Waals surface area contributed by atoms with E-state index in [1.54, 1.807) is 0 Å². The summed E-state index contributed by atoms with van der Waals surface area (Å²) in [4.78, 5) is 10.6. The molecule has 0 aliphatic rings. The van der Waals surface area contributed by atoms with E-state index < -0.39 is 0 Å². The van der Waals surface area contributed by atoms with Crippen LogP contribution in [-0.4, -0.2) is 23.1 Å². The van der Waals surface area contributed by atoms with Crippen molar-refractivity contribution in [2.24, 2.45) is 5.92 Å². The minimum atomic E-state index is 0.429. The second kappa shape index (κ2) is 4.47. The summed E-state index contributed by atoms with van der Waals surface area (Å²) in [6.07, 6.45) is 0. The van der Waals surface area contributed by atoms with Gasteiger partial charge in [0, 0.05) is 19.2 Å². The summed E-state index contributed by atoms with van der Waals surface area (Å²) in [5.74, 6) is 2.71. The van der Waals surface area contributed by atoms with Gasteiger partial charge in [0.05, 0.1) is 0 Å². The topological polar surface area (TPSA) is 55.0 Å². The fraction of sp³-hybridized carbons (Fsp3) is 0.636. The van der Waals surface area contributed by atoms with Gasteiger partial charge in [-0.25, -0.2) is 9.97 Å². The first-order chi connectivity index (χ1) is 6.91. The Kier molecular flexibility index (Phi) is 3.50. The first-order valence-corrected chi connectivity index (χ1v) is 5.25. The number of aryl methyl sites for hydroxylation is 1. The Morgan fingerprint density at radius 1 is 1.27 bits per heavy atom. The number of nitrogen functional groups attached to an aromatic ring is 1. The smallest absolute Gasteiger partial charge is 0.134 e. The van der Waals surface area contributed by atoms with Crippen LogP contribution in [0.3, 0.4) is 0 Å². The molecule has 0 aliphatic carbocycles. The minimum Gasteiger partial charge on any atom is -0.384 e. The van der Waals surface area contributed by atoms with E-state index in [1.807, 2.05) is 20.0 Å². The zero-order valence-electron chi connectivity index (χ0n) is 10.2. The molecule has 4 heteroatoms. The molecule has 84 valence electrons. The Balaban J connectivity index is 2.95. The van der Waals surface area contributed by atoms with Gasteiger partial charge < -0.3 is 10.6 Å². The molecular weight excluding hydrogens is 188 g/mol. The van der Waals surface area contributed by atoms with E-state index in [9.17, 15) is 0 Å². The van der Waals surface area contributed by atoms with Crippen molar-refractivity contribution in [3.8, 4) is 0 Å². The van der Waals surface area contributed by atoms with E-state index in [-0.39, 0.29) is 0 Å². The van der Waals surface area contributed by atoms with Crippen LogP contribution in [0.15, 0.2) is 6.07 Å². The fourth-order valence-corrected chi connectivity index (χ4v) is 1.41. The Morgan fingerprint density at radius 3 is 2.33 bits per heavy atom. The number of hydrogen-bond donors (Lipinski definition) is 1. The van der Waals surface area contributed by atoms with Crippen molar-refractivity contribution >= 4 is 11.6 Å². The first kappa shape index (κ1) is 11.8. The van der Waals surface area contributed by atoms with Crippen LogP contribution in [0.25, 0.3) is 0 Å². The maximum atomic E-state index is 5.70. The van der Waals surface area contributed by atoms with Crippen LogP contribution in [-0.2, 0) is 0 Å². The molecule has 0 spiro atoms. The molecule has 1 aromatic heterocycles. The second-order valence-corrected chi connectivity index (χ2v) is 4.29. The normalized spacial score (nSPS) is 12.9. The molecule has 1 heterocycles. The highest BCUT2D eigenvalue weighted by Crippen LogP contribution is 2.18. The van der Waals surface area contributed by atoms with Crippen LogP contribution in [0.5, 0.6) is 0 Å². The zero-order valence-corrected chi connectivity index (χ0v) is 10.2. The van der Waals surface area contributed by atoms with Gasteiger partial charge in [-0.05, 0) is 19.8 Å². The molecule has 0 aromatic carbocycles. The lowest BCUT2D eigenvalue weighted by Gasteiger charge is -2.29. The molecule has 1 aromatic rings. The van der Waals surface area contributed by atoms with E-state index in [1.165, 1.54) is 0 Å². The minimum absolute atomic E-state index is 0.429. The van der Waals surface area contributed by atoms with Crippen LogP contribution in [0, 0.1) is 12.8 Å². The number of anilines is 2. The second-order valence-electron chi connectivity index (χ2n) is 4.29. The Hall–Kier alpha value is -1.32. The van der Waals surface area contributed by atoms with Crippen molar-refractivity contribution in [1.29, 1.82) is 0 Å². The van der Waals surface area contributed by atoms with Crippen molar-refractivity contribution in [1.82, 2.24) is 9.97 Å². The number of aromatic nitrogens is 2. The predicted molar refractivity (Wildman–Crippen MR) is 63.9 cm³/mol. The summed E-state index contributed by atoms with van der Waals surface area (Å²) in [5, 5.41) is 0. The standard InChI is InChI=1S/C11H20N4/c1-7(2)8(3)15(5)11-6-10(12)13-9(4)14-11/h6-8H,1-5H3,(H2,12,13,14). The molecule has 0 saturated heterocycles. The van der Waals surface area contributed by atoms with Gasteiger partial charge in [-0.1, -0.05) is 13.8 Å². The molecule has 15 heavy (non-hydrogen) atoms. The highest BCUT2D eigenvalue weighted by Gasteiger charge is 2.15. The van der Waals surface area contributed by atoms with Gasteiger partial charge in [0.1, 0.15) is 17.5 Å². The quantitative estimate of drug-likeness (QED) is 0.823. The molecule has 0 saturated carbocycles. The van der Waals surface area contributed by atoms with Crippen LogP contribution < -0.4 is 10.6 Å². The lowest BCUT2D eigenvalue weighted by molar-refractivity contribution is 0.502. The van der Waals surface area contributed by atoms with Crippen molar-refractivity contribution in [2.75, 3.05) is 17.7 Å². The molecule has 4 nitrogen and oxygen atoms in total. The summed E-state index contributed by atoms with van der Waals surface area (Å²) in [5.41, 5.74) is 5.70. The van der Waals surface area contributed by atoms with Crippen LogP contribution >= 0.6 is 0 Å². The molecular formula is C11H20N4. The molecule has 1 rings (SSSR count). The van der Waals surface area contributed by atoms with Gasteiger partial charge in [0.2, 0.25) is 0 Å². The van der Waals surface area contributed by atoms with E-state index in [2.05, 4.69) is 35.6 Å². The third-order valence-corrected chi connectivity index (χ3v) is 2.78. The molecule has 0 amide bonds. The average Bonchev–Trinajstić information content (AvgIpc) is 2.13. The van der Waals surface area contributed by atoms with E-state index in [4.69, 9.17) is 5.73 Å². The highest BCUT2D eigenvalue weighted by molar-refractivity contribution is 5.47. The van der Waals surface area contributed by atoms with Gasteiger partial charge in [0.15, 0.2) is 0 Å². The third-order valence-electron chi connectivity index (χ3n) is 2.78.